The van der Waals surface area contributed by atoms with Crippen LogP contribution in [0, 0.1) is 6.92 Å². The van der Waals surface area contributed by atoms with Gasteiger partial charge in [-0.3, -0.25) is 9.20 Å². The third-order valence-electron chi connectivity index (χ3n) is 4.18. The largest absolute Gasteiger partial charge is 0.460 e. The van der Waals surface area contributed by atoms with Crippen LogP contribution in [-0.4, -0.2) is 49.4 Å². The minimum absolute atomic E-state index is 0.0350. The molecule has 1 aliphatic heterocycles. The van der Waals surface area contributed by atoms with Gasteiger partial charge < -0.3 is 9.64 Å². The van der Waals surface area contributed by atoms with Crippen LogP contribution in [-0.2, 0) is 0 Å². The van der Waals surface area contributed by atoms with E-state index in [1.165, 1.54) is 11.3 Å². The zero-order chi connectivity index (χ0) is 16.5. The summed E-state index contributed by atoms with van der Waals surface area (Å²) in [5.74, 6) is 0.0350. The van der Waals surface area contributed by atoms with Gasteiger partial charge in [-0.15, -0.1) is 11.3 Å². The monoisotopic (exact) mass is 343 g/mol. The van der Waals surface area contributed by atoms with Gasteiger partial charge in [-0.05, 0) is 13.0 Å². The highest BCUT2D eigenvalue weighted by Gasteiger charge is 2.28. The molecule has 0 aromatic carbocycles. The summed E-state index contributed by atoms with van der Waals surface area (Å²) in [5, 5.41) is 1.94. The number of hydrogen-bond acceptors (Lipinski definition) is 6. The second kappa shape index (κ2) is 6.20. The van der Waals surface area contributed by atoms with Crippen molar-refractivity contribution in [3.63, 3.8) is 0 Å². The number of carbonyl (C=O) groups is 1. The Morgan fingerprint density at radius 1 is 1.29 bits per heavy atom. The lowest BCUT2D eigenvalue weighted by atomic mass is 10.1. The molecule has 8 heteroatoms. The van der Waals surface area contributed by atoms with Gasteiger partial charge in [0.05, 0.1) is 5.69 Å². The lowest BCUT2D eigenvalue weighted by Crippen LogP contribution is -2.42. The van der Waals surface area contributed by atoms with Crippen LogP contribution in [0.5, 0.6) is 6.01 Å². The van der Waals surface area contributed by atoms with Crippen LogP contribution < -0.4 is 4.74 Å². The second-order valence-electron chi connectivity index (χ2n) is 5.74. The summed E-state index contributed by atoms with van der Waals surface area (Å²) in [6, 6.07) is 2.15. The van der Waals surface area contributed by atoms with Crippen molar-refractivity contribution in [1.29, 1.82) is 0 Å². The number of piperidine rings is 1. The molecule has 124 valence electrons. The molecule has 0 aliphatic carbocycles. The summed E-state index contributed by atoms with van der Waals surface area (Å²) in [7, 11) is 0. The standard InChI is InChI=1S/C16H17N5O2S/c1-11-13(21-9-10-24-16(21)19-11)14(22)20-7-3-12(4-8-20)23-15-17-5-2-6-18-15/h2,5-6,9-10,12H,3-4,7-8H2,1H3. The Hall–Kier alpha value is -2.48. The number of aromatic nitrogens is 4. The van der Waals surface area contributed by atoms with E-state index in [4.69, 9.17) is 4.74 Å². The van der Waals surface area contributed by atoms with E-state index in [1.54, 1.807) is 18.5 Å². The van der Waals surface area contributed by atoms with E-state index in [9.17, 15) is 4.79 Å². The van der Waals surface area contributed by atoms with Crippen molar-refractivity contribution in [1.82, 2.24) is 24.3 Å². The Balaban J connectivity index is 1.43. The smallest absolute Gasteiger partial charge is 0.316 e. The number of likely N-dealkylation sites (tertiary alicyclic amines) is 1. The van der Waals surface area contributed by atoms with Crippen LogP contribution in [0.1, 0.15) is 29.0 Å². The van der Waals surface area contributed by atoms with Crippen molar-refractivity contribution in [2.24, 2.45) is 0 Å². The Labute approximate surface area is 142 Å². The Bertz CT molecular complexity index is 852. The van der Waals surface area contributed by atoms with E-state index in [0.29, 0.717) is 24.8 Å². The van der Waals surface area contributed by atoms with Crippen molar-refractivity contribution in [3.8, 4) is 6.01 Å². The fourth-order valence-electron chi connectivity index (χ4n) is 2.97. The Morgan fingerprint density at radius 3 is 2.79 bits per heavy atom. The van der Waals surface area contributed by atoms with Gasteiger partial charge in [0.15, 0.2) is 4.96 Å². The number of ether oxygens (including phenoxy) is 1. The first kappa shape index (κ1) is 15.1. The predicted octanol–water partition coefficient (Wildman–Crippen LogP) is 2.18. The molecule has 1 saturated heterocycles. The van der Waals surface area contributed by atoms with Gasteiger partial charge in [-0.25, -0.2) is 15.0 Å². The van der Waals surface area contributed by atoms with Crippen LogP contribution in [0.25, 0.3) is 4.96 Å². The molecule has 4 heterocycles. The molecule has 0 spiro atoms. The van der Waals surface area contributed by atoms with Crippen LogP contribution in [0.15, 0.2) is 30.0 Å². The number of nitrogens with zero attached hydrogens (tertiary/aromatic N) is 5. The minimum Gasteiger partial charge on any atom is -0.460 e. The van der Waals surface area contributed by atoms with Gasteiger partial charge in [0.1, 0.15) is 11.8 Å². The minimum atomic E-state index is 0.0350. The van der Waals surface area contributed by atoms with E-state index in [0.717, 1.165) is 23.5 Å². The molecule has 0 unspecified atom stereocenters. The lowest BCUT2D eigenvalue weighted by Gasteiger charge is -2.31. The van der Waals surface area contributed by atoms with Crippen molar-refractivity contribution in [2.45, 2.75) is 25.9 Å². The first-order valence-electron chi connectivity index (χ1n) is 7.87. The number of thiazole rings is 1. The Kier molecular flexibility index (Phi) is 3.89. The zero-order valence-corrected chi connectivity index (χ0v) is 14.1. The molecule has 0 saturated carbocycles. The molecule has 1 amide bonds. The lowest BCUT2D eigenvalue weighted by molar-refractivity contribution is 0.0572. The summed E-state index contributed by atoms with van der Waals surface area (Å²) in [5.41, 5.74) is 1.44. The predicted molar refractivity (Wildman–Crippen MR) is 89.4 cm³/mol. The molecule has 0 bridgehead atoms. The van der Waals surface area contributed by atoms with Gasteiger partial charge in [0.2, 0.25) is 0 Å². The highest BCUT2D eigenvalue weighted by Crippen LogP contribution is 2.21. The van der Waals surface area contributed by atoms with E-state index in [2.05, 4.69) is 15.0 Å². The maximum absolute atomic E-state index is 12.9. The highest BCUT2D eigenvalue weighted by molar-refractivity contribution is 7.15. The topological polar surface area (TPSA) is 72.6 Å². The number of rotatable bonds is 3. The number of imidazole rings is 1. The number of aryl methyl sites for hydroxylation is 1. The fourth-order valence-corrected chi connectivity index (χ4v) is 3.73. The Morgan fingerprint density at radius 2 is 2.04 bits per heavy atom. The summed E-state index contributed by atoms with van der Waals surface area (Å²) < 4.78 is 7.66. The van der Waals surface area contributed by atoms with Crippen LogP contribution >= 0.6 is 11.3 Å². The maximum Gasteiger partial charge on any atom is 0.316 e. The average molecular weight is 343 g/mol. The second-order valence-corrected chi connectivity index (χ2v) is 6.62. The van der Waals surface area contributed by atoms with Gasteiger partial charge in [-0.2, -0.15) is 0 Å². The van der Waals surface area contributed by atoms with Gasteiger partial charge in [0, 0.05) is 49.9 Å². The van der Waals surface area contributed by atoms with E-state index < -0.39 is 0 Å². The van der Waals surface area contributed by atoms with Gasteiger partial charge >= 0.3 is 6.01 Å². The van der Waals surface area contributed by atoms with Crippen LogP contribution in [0.3, 0.4) is 0 Å². The van der Waals surface area contributed by atoms with Crippen molar-refractivity contribution in [2.75, 3.05) is 13.1 Å². The normalized spacial score (nSPS) is 15.8. The summed E-state index contributed by atoms with van der Waals surface area (Å²) in [6.45, 7) is 3.20. The molecule has 1 fully saturated rings. The van der Waals surface area contributed by atoms with Gasteiger partial charge in [0.25, 0.3) is 5.91 Å². The maximum atomic E-state index is 12.9. The number of carbonyl (C=O) groups excluding carboxylic acids is 1. The third-order valence-corrected chi connectivity index (χ3v) is 4.94. The molecule has 1 aliphatic rings. The number of amides is 1. The quantitative estimate of drug-likeness (QED) is 0.729. The molecule has 7 nitrogen and oxygen atoms in total. The van der Waals surface area contributed by atoms with Gasteiger partial charge in [-0.1, -0.05) is 0 Å². The highest BCUT2D eigenvalue weighted by atomic mass is 32.1. The fraction of sp³-hybridized carbons (Fsp3) is 0.375. The summed E-state index contributed by atoms with van der Waals surface area (Å²) in [4.78, 5) is 28.2. The first-order valence-corrected chi connectivity index (χ1v) is 8.75. The first-order chi connectivity index (χ1) is 11.7. The van der Waals surface area contributed by atoms with Crippen molar-refractivity contribution in [3.05, 3.63) is 41.4 Å². The number of fused-ring (bicyclic) bond motifs is 1. The molecular formula is C16H17N5O2S. The van der Waals surface area contributed by atoms with Crippen molar-refractivity contribution >= 4 is 22.2 Å². The molecule has 0 N–H and O–H groups in total. The van der Waals surface area contributed by atoms with E-state index in [-0.39, 0.29) is 12.0 Å². The molecular weight excluding hydrogens is 326 g/mol. The molecule has 0 atom stereocenters. The van der Waals surface area contributed by atoms with E-state index in [1.807, 2.05) is 27.8 Å². The number of hydrogen-bond donors (Lipinski definition) is 0. The van der Waals surface area contributed by atoms with Crippen LogP contribution in [0.4, 0.5) is 0 Å². The average Bonchev–Trinajstić information content (AvgIpc) is 3.16. The van der Waals surface area contributed by atoms with Crippen LogP contribution in [0.2, 0.25) is 0 Å². The summed E-state index contributed by atoms with van der Waals surface area (Å²) >= 11 is 1.54. The zero-order valence-electron chi connectivity index (χ0n) is 13.3. The SMILES string of the molecule is Cc1nc2sccn2c1C(=O)N1CCC(Oc2ncccn2)CC1. The molecule has 3 aromatic rings. The van der Waals surface area contributed by atoms with E-state index >= 15 is 0 Å². The molecule has 4 rings (SSSR count). The molecule has 3 aromatic heterocycles. The van der Waals surface area contributed by atoms with Crippen molar-refractivity contribution < 1.29 is 9.53 Å². The molecule has 24 heavy (non-hydrogen) atoms. The summed E-state index contributed by atoms with van der Waals surface area (Å²) in [6.07, 6.45) is 6.81. The third kappa shape index (κ3) is 2.73. The molecule has 0 radical (unpaired) electrons.